The quantitative estimate of drug-likeness (QED) is 0.675. The monoisotopic (exact) mass is 270 g/mol. The Hall–Kier alpha value is -1.14. The summed E-state index contributed by atoms with van der Waals surface area (Å²) in [5, 5.41) is 14.4. The summed E-state index contributed by atoms with van der Waals surface area (Å²) in [6.07, 6.45) is 2.35. The first-order valence-electron chi connectivity index (χ1n) is 5.92. The molecule has 0 spiro atoms. The highest BCUT2D eigenvalue weighted by Gasteiger charge is 2.16. The van der Waals surface area contributed by atoms with Crippen LogP contribution in [0.25, 0.3) is 0 Å². The average molecular weight is 270 g/mol. The van der Waals surface area contributed by atoms with Gasteiger partial charge in [-0.05, 0) is 31.0 Å². The maximum atomic E-state index is 13.4. The van der Waals surface area contributed by atoms with Crippen molar-refractivity contribution in [2.75, 3.05) is 13.1 Å². The first kappa shape index (κ1) is 13.3. The van der Waals surface area contributed by atoms with Crippen LogP contribution in [-0.4, -0.2) is 23.3 Å². The van der Waals surface area contributed by atoms with Gasteiger partial charge in [0.1, 0.15) is 0 Å². The van der Waals surface area contributed by atoms with Crippen LogP contribution in [0, 0.1) is 15.9 Å². The minimum atomic E-state index is -0.750. The number of rotatable bonds is 4. The summed E-state index contributed by atoms with van der Waals surface area (Å²) in [5.74, 6) is -0.0544. The van der Waals surface area contributed by atoms with E-state index in [9.17, 15) is 14.5 Å². The highest BCUT2D eigenvalue weighted by molar-refractivity contribution is 7.99. The standard InChI is InChI=1S/C12H15FN2O2S/c13-11-6-9(3-4-12(11)15(16)17)8-18-10-2-1-5-14-7-10/h3-4,6,10,14H,1-2,5,7-8H2. The summed E-state index contributed by atoms with van der Waals surface area (Å²) >= 11 is 1.77. The van der Waals surface area contributed by atoms with E-state index in [0.29, 0.717) is 11.0 Å². The lowest BCUT2D eigenvalue weighted by atomic mass is 10.2. The van der Waals surface area contributed by atoms with Crippen molar-refractivity contribution >= 4 is 17.4 Å². The fourth-order valence-corrected chi connectivity index (χ4v) is 3.14. The number of nitrogens with one attached hydrogen (secondary N) is 1. The van der Waals surface area contributed by atoms with Crippen LogP contribution in [0.5, 0.6) is 0 Å². The summed E-state index contributed by atoms with van der Waals surface area (Å²) in [7, 11) is 0. The zero-order valence-corrected chi connectivity index (χ0v) is 10.7. The lowest BCUT2D eigenvalue weighted by molar-refractivity contribution is -0.387. The van der Waals surface area contributed by atoms with Crippen LogP contribution in [0.3, 0.4) is 0 Å². The first-order valence-corrected chi connectivity index (χ1v) is 6.97. The van der Waals surface area contributed by atoms with Gasteiger partial charge in [-0.2, -0.15) is 16.2 Å². The van der Waals surface area contributed by atoms with Gasteiger partial charge in [0, 0.05) is 23.6 Å². The molecule has 1 aromatic carbocycles. The van der Waals surface area contributed by atoms with Crippen LogP contribution in [0.4, 0.5) is 10.1 Å². The fraction of sp³-hybridized carbons (Fsp3) is 0.500. The van der Waals surface area contributed by atoms with Crippen molar-refractivity contribution < 1.29 is 9.31 Å². The van der Waals surface area contributed by atoms with Crippen LogP contribution in [0.2, 0.25) is 0 Å². The Morgan fingerprint density at radius 1 is 1.56 bits per heavy atom. The van der Waals surface area contributed by atoms with Gasteiger partial charge in [0.05, 0.1) is 4.92 Å². The molecule has 1 heterocycles. The Balaban J connectivity index is 1.93. The van der Waals surface area contributed by atoms with E-state index in [-0.39, 0.29) is 0 Å². The fourth-order valence-electron chi connectivity index (χ4n) is 1.96. The highest BCUT2D eigenvalue weighted by atomic mass is 32.2. The second-order valence-electron chi connectivity index (χ2n) is 4.32. The van der Waals surface area contributed by atoms with Crippen molar-refractivity contribution in [3.05, 3.63) is 39.7 Å². The van der Waals surface area contributed by atoms with Gasteiger partial charge in [-0.25, -0.2) is 0 Å². The van der Waals surface area contributed by atoms with Crippen molar-refractivity contribution in [1.82, 2.24) is 5.32 Å². The second kappa shape index (κ2) is 6.15. The van der Waals surface area contributed by atoms with Crippen molar-refractivity contribution in [2.24, 2.45) is 0 Å². The molecule has 6 heteroatoms. The molecule has 0 radical (unpaired) electrons. The number of hydrogen-bond acceptors (Lipinski definition) is 4. The molecular formula is C12H15FN2O2S. The number of benzene rings is 1. The summed E-state index contributed by atoms with van der Waals surface area (Å²) < 4.78 is 13.4. The Kier molecular flexibility index (Phi) is 4.54. The van der Waals surface area contributed by atoms with Crippen LogP contribution in [0.15, 0.2) is 18.2 Å². The molecule has 0 aromatic heterocycles. The molecule has 1 fully saturated rings. The molecule has 1 saturated heterocycles. The summed E-state index contributed by atoms with van der Waals surface area (Å²) in [6, 6.07) is 4.14. The van der Waals surface area contributed by atoms with Crippen molar-refractivity contribution in [2.45, 2.75) is 23.8 Å². The normalized spacial score (nSPS) is 19.7. The molecule has 0 saturated carbocycles. The molecule has 0 bridgehead atoms. The van der Waals surface area contributed by atoms with Crippen molar-refractivity contribution in [3.63, 3.8) is 0 Å². The van der Waals surface area contributed by atoms with Gasteiger partial charge in [-0.3, -0.25) is 10.1 Å². The van der Waals surface area contributed by atoms with E-state index < -0.39 is 16.4 Å². The van der Waals surface area contributed by atoms with E-state index in [0.717, 1.165) is 18.7 Å². The van der Waals surface area contributed by atoms with Crippen LogP contribution >= 0.6 is 11.8 Å². The van der Waals surface area contributed by atoms with Gasteiger partial charge in [-0.1, -0.05) is 6.07 Å². The number of nitro benzene ring substituents is 1. The first-order chi connectivity index (χ1) is 8.66. The maximum Gasteiger partial charge on any atom is 0.304 e. The van der Waals surface area contributed by atoms with Gasteiger partial charge >= 0.3 is 5.69 Å². The predicted molar refractivity (Wildman–Crippen MR) is 70.2 cm³/mol. The number of nitro groups is 1. The Morgan fingerprint density at radius 2 is 2.39 bits per heavy atom. The Bertz CT molecular complexity index is 436. The lowest BCUT2D eigenvalue weighted by Crippen LogP contribution is -2.31. The van der Waals surface area contributed by atoms with Gasteiger partial charge in [0.25, 0.3) is 0 Å². The molecule has 1 aliphatic heterocycles. The summed E-state index contributed by atoms with van der Waals surface area (Å²) in [5.41, 5.74) is 0.344. The zero-order chi connectivity index (χ0) is 13.0. The SMILES string of the molecule is O=[N+]([O-])c1ccc(CSC2CCCNC2)cc1F. The third kappa shape index (κ3) is 3.43. The van der Waals surface area contributed by atoms with E-state index in [1.54, 1.807) is 17.8 Å². The summed E-state index contributed by atoms with van der Waals surface area (Å²) in [6.45, 7) is 2.06. The van der Waals surface area contributed by atoms with Gasteiger partial charge < -0.3 is 5.32 Å². The van der Waals surface area contributed by atoms with E-state index in [2.05, 4.69) is 5.32 Å². The molecule has 18 heavy (non-hydrogen) atoms. The zero-order valence-electron chi connectivity index (χ0n) is 9.89. The van der Waals surface area contributed by atoms with Crippen molar-refractivity contribution in [1.29, 1.82) is 0 Å². The van der Waals surface area contributed by atoms with Crippen LogP contribution in [-0.2, 0) is 5.75 Å². The van der Waals surface area contributed by atoms with Crippen LogP contribution < -0.4 is 5.32 Å². The average Bonchev–Trinajstić information content (AvgIpc) is 2.37. The minimum absolute atomic E-state index is 0.455. The molecule has 0 amide bonds. The van der Waals surface area contributed by atoms with Gasteiger partial charge in [-0.15, -0.1) is 0 Å². The molecule has 1 atom stereocenters. The minimum Gasteiger partial charge on any atom is -0.316 e. The Morgan fingerprint density at radius 3 is 3.00 bits per heavy atom. The number of nitrogens with zero attached hydrogens (tertiary/aromatic N) is 1. The van der Waals surface area contributed by atoms with E-state index >= 15 is 0 Å². The third-order valence-electron chi connectivity index (χ3n) is 2.95. The van der Waals surface area contributed by atoms with Crippen LogP contribution in [0.1, 0.15) is 18.4 Å². The number of piperidine rings is 1. The number of thioether (sulfide) groups is 1. The number of halogens is 1. The van der Waals surface area contributed by atoms with E-state index in [4.69, 9.17) is 0 Å². The predicted octanol–water partition coefficient (Wildman–Crippen LogP) is 2.72. The molecule has 1 N–H and O–H groups in total. The van der Waals surface area contributed by atoms with Crippen molar-refractivity contribution in [3.8, 4) is 0 Å². The smallest absolute Gasteiger partial charge is 0.304 e. The highest BCUT2D eigenvalue weighted by Crippen LogP contribution is 2.25. The summed E-state index contributed by atoms with van der Waals surface area (Å²) in [4.78, 5) is 9.79. The van der Waals surface area contributed by atoms with Gasteiger partial charge in [0.15, 0.2) is 0 Å². The third-order valence-corrected chi connectivity index (χ3v) is 4.32. The van der Waals surface area contributed by atoms with E-state index in [1.807, 2.05) is 0 Å². The molecular weight excluding hydrogens is 255 g/mol. The second-order valence-corrected chi connectivity index (χ2v) is 5.61. The molecule has 1 aromatic rings. The molecule has 2 rings (SSSR count). The Labute approximate surface area is 109 Å². The van der Waals surface area contributed by atoms with Gasteiger partial charge in [0.2, 0.25) is 5.82 Å². The molecule has 0 aliphatic carbocycles. The van der Waals surface area contributed by atoms with E-state index in [1.165, 1.54) is 25.0 Å². The largest absolute Gasteiger partial charge is 0.316 e. The topological polar surface area (TPSA) is 55.2 Å². The molecule has 1 aliphatic rings. The molecule has 98 valence electrons. The molecule has 4 nitrogen and oxygen atoms in total. The number of hydrogen-bond donors (Lipinski definition) is 1. The lowest BCUT2D eigenvalue weighted by Gasteiger charge is -2.22. The molecule has 1 unspecified atom stereocenters. The maximum absolute atomic E-state index is 13.4.